The van der Waals surface area contributed by atoms with Crippen LogP contribution in [0.15, 0.2) is 0 Å². The van der Waals surface area contributed by atoms with Crippen LogP contribution in [0.2, 0.25) is 0 Å². The molecular weight excluding hydrogens is 384 g/mol. The van der Waals surface area contributed by atoms with Gasteiger partial charge in [0.1, 0.15) is 5.60 Å². The molecular formula is C28H48O3. The minimum Gasteiger partial charge on any atom is -0.381 e. The maximum Gasteiger partial charge on any atom is 0.165 e. The molecule has 4 aliphatic rings. The Morgan fingerprint density at radius 1 is 1.03 bits per heavy atom. The number of hydrogen-bond acceptors (Lipinski definition) is 3. The van der Waals surface area contributed by atoms with Gasteiger partial charge < -0.3 is 9.84 Å². The second kappa shape index (κ2) is 8.42. The first-order valence-corrected chi connectivity index (χ1v) is 13.3. The van der Waals surface area contributed by atoms with E-state index in [-0.39, 0.29) is 17.3 Å². The molecule has 0 aliphatic heterocycles. The number of rotatable bonds is 6. The molecule has 4 rings (SSSR count). The van der Waals surface area contributed by atoms with Gasteiger partial charge >= 0.3 is 0 Å². The summed E-state index contributed by atoms with van der Waals surface area (Å²) in [6.07, 6.45) is 12.2. The summed E-state index contributed by atoms with van der Waals surface area (Å²) in [5.74, 6) is 4.14. The number of ether oxygens (including phenoxy) is 1. The third-order valence-electron chi connectivity index (χ3n) is 11.1. The van der Waals surface area contributed by atoms with Crippen molar-refractivity contribution in [2.45, 2.75) is 117 Å². The van der Waals surface area contributed by atoms with Gasteiger partial charge in [0.25, 0.3) is 0 Å². The van der Waals surface area contributed by atoms with Crippen LogP contribution in [-0.4, -0.2) is 29.7 Å². The van der Waals surface area contributed by atoms with Crippen LogP contribution < -0.4 is 0 Å². The van der Waals surface area contributed by atoms with Crippen LogP contribution >= 0.6 is 0 Å². The van der Waals surface area contributed by atoms with Crippen molar-refractivity contribution >= 4 is 5.78 Å². The second-order valence-corrected chi connectivity index (χ2v) is 12.9. The molecule has 0 heterocycles. The quantitative estimate of drug-likeness (QED) is 0.527. The maximum absolute atomic E-state index is 13.5. The second-order valence-electron chi connectivity index (χ2n) is 12.9. The summed E-state index contributed by atoms with van der Waals surface area (Å²) in [6, 6.07) is 0. The average Bonchev–Trinajstić information content (AvgIpc) is 3.06. The van der Waals surface area contributed by atoms with Gasteiger partial charge in [-0.25, -0.2) is 0 Å². The molecule has 4 aliphatic carbocycles. The normalized spacial score (nSPS) is 48.3. The monoisotopic (exact) mass is 432 g/mol. The third kappa shape index (κ3) is 3.65. The summed E-state index contributed by atoms with van der Waals surface area (Å²) in [5, 5.41) is 11.7. The molecule has 0 unspecified atom stereocenters. The Balaban J connectivity index is 1.53. The Morgan fingerprint density at radius 3 is 2.45 bits per heavy atom. The molecule has 9 atom stereocenters. The van der Waals surface area contributed by atoms with E-state index in [2.05, 4.69) is 34.6 Å². The molecule has 0 aromatic carbocycles. The molecule has 31 heavy (non-hydrogen) atoms. The number of Topliss-reactive ketones (excluding diaryl/α,β-unsaturated/α-hetero) is 1. The third-order valence-corrected chi connectivity index (χ3v) is 11.1. The van der Waals surface area contributed by atoms with Crippen molar-refractivity contribution in [1.29, 1.82) is 0 Å². The predicted octanol–water partition coefficient (Wildman–Crippen LogP) is 6.42. The van der Waals surface area contributed by atoms with E-state index in [9.17, 15) is 9.90 Å². The van der Waals surface area contributed by atoms with Crippen LogP contribution in [-0.2, 0) is 9.53 Å². The molecule has 0 bridgehead atoms. The Morgan fingerprint density at radius 2 is 1.77 bits per heavy atom. The minimum absolute atomic E-state index is 0.0231. The molecule has 4 fully saturated rings. The zero-order valence-corrected chi connectivity index (χ0v) is 21.1. The van der Waals surface area contributed by atoms with Gasteiger partial charge in [-0.05, 0) is 79.4 Å². The molecule has 0 amide bonds. The molecule has 4 saturated carbocycles. The molecule has 3 nitrogen and oxygen atoms in total. The average molecular weight is 433 g/mol. The van der Waals surface area contributed by atoms with E-state index in [1.165, 1.54) is 44.9 Å². The van der Waals surface area contributed by atoms with Crippen molar-refractivity contribution in [3.05, 3.63) is 0 Å². The number of methoxy groups -OCH3 is 1. The van der Waals surface area contributed by atoms with Gasteiger partial charge in [0.05, 0.1) is 6.10 Å². The molecule has 0 aromatic rings. The summed E-state index contributed by atoms with van der Waals surface area (Å²) >= 11 is 0. The zero-order valence-electron chi connectivity index (χ0n) is 21.1. The fourth-order valence-electron chi connectivity index (χ4n) is 9.23. The van der Waals surface area contributed by atoms with Crippen LogP contribution in [0.4, 0.5) is 0 Å². The van der Waals surface area contributed by atoms with Crippen LogP contribution in [0.5, 0.6) is 0 Å². The van der Waals surface area contributed by atoms with Crippen molar-refractivity contribution in [2.24, 2.45) is 46.3 Å². The summed E-state index contributed by atoms with van der Waals surface area (Å²) < 4.78 is 5.60. The number of hydrogen-bond donors (Lipinski definition) is 1. The van der Waals surface area contributed by atoms with E-state index in [0.29, 0.717) is 36.0 Å². The fraction of sp³-hybridized carbons (Fsp3) is 0.964. The lowest BCUT2D eigenvalue weighted by atomic mass is 9.42. The van der Waals surface area contributed by atoms with Crippen molar-refractivity contribution < 1.29 is 14.6 Å². The Labute approximate surface area is 191 Å². The molecule has 0 spiro atoms. The van der Waals surface area contributed by atoms with E-state index < -0.39 is 5.60 Å². The first-order valence-electron chi connectivity index (χ1n) is 13.3. The first kappa shape index (κ1) is 23.7. The Hall–Kier alpha value is -0.410. The van der Waals surface area contributed by atoms with Crippen molar-refractivity contribution in [2.75, 3.05) is 7.11 Å². The summed E-state index contributed by atoms with van der Waals surface area (Å²) in [5.41, 5.74) is -1.07. The minimum atomic E-state index is -1.18. The summed E-state index contributed by atoms with van der Waals surface area (Å²) in [4.78, 5) is 13.5. The highest BCUT2D eigenvalue weighted by atomic mass is 16.5. The van der Waals surface area contributed by atoms with Gasteiger partial charge in [-0.15, -0.1) is 0 Å². The molecule has 0 radical (unpaired) electrons. The first-order chi connectivity index (χ1) is 14.6. The van der Waals surface area contributed by atoms with E-state index in [0.717, 1.165) is 30.6 Å². The number of fused-ring (bicyclic) bond motifs is 5. The van der Waals surface area contributed by atoms with Gasteiger partial charge in [-0.3, -0.25) is 4.79 Å². The van der Waals surface area contributed by atoms with Crippen LogP contribution in [0, 0.1) is 46.3 Å². The van der Waals surface area contributed by atoms with Crippen LogP contribution in [0.3, 0.4) is 0 Å². The van der Waals surface area contributed by atoms with E-state index in [1.807, 2.05) is 0 Å². The van der Waals surface area contributed by atoms with Crippen LogP contribution in [0.1, 0.15) is 105 Å². The van der Waals surface area contributed by atoms with Gasteiger partial charge in [0, 0.05) is 25.4 Å². The van der Waals surface area contributed by atoms with Crippen molar-refractivity contribution in [3.8, 4) is 0 Å². The Bertz CT molecular complexity index is 673. The van der Waals surface area contributed by atoms with E-state index >= 15 is 0 Å². The van der Waals surface area contributed by atoms with E-state index in [4.69, 9.17) is 4.74 Å². The van der Waals surface area contributed by atoms with Crippen LogP contribution in [0.25, 0.3) is 0 Å². The summed E-state index contributed by atoms with van der Waals surface area (Å²) in [6.45, 7) is 12.0. The van der Waals surface area contributed by atoms with Crippen molar-refractivity contribution in [1.82, 2.24) is 0 Å². The van der Waals surface area contributed by atoms with Crippen molar-refractivity contribution in [3.63, 3.8) is 0 Å². The highest BCUT2D eigenvalue weighted by Crippen LogP contribution is 2.68. The highest BCUT2D eigenvalue weighted by molar-refractivity contribution is 5.89. The highest BCUT2D eigenvalue weighted by Gasteiger charge is 2.67. The molecule has 0 aromatic heterocycles. The lowest BCUT2D eigenvalue weighted by molar-refractivity contribution is -0.215. The standard InChI is InChI=1S/C28H48O3/c1-18(2)8-7-9-19(3)22-10-11-23-21-16-25(29)28(30)17-20(31-6)12-15-27(28,5)24(21)13-14-26(22,23)4/h18-24,30H,7-17H2,1-6H3/t19-,20-,21+,22-,23-,24+,26-,27-,28+/m1/s1. The predicted molar refractivity (Wildman–Crippen MR) is 126 cm³/mol. The summed E-state index contributed by atoms with van der Waals surface area (Å²) in [7, 11) is 1.72. The van der Waals surface area contributed by atoms with Gasteiger partial charge in [0.2, 0.25) is 0 Å². The Kier molecular flexibility index (Phi) is 6.45. The lowest BCUT2D eigenvalue weighted by Gasteiger charge is -2.63. The van der Waals surface area contributed by atoms with Gasteiger partial charge in [0.15, 0.2) is 5.78 Å². The van der Waals surface area contributed by atoms with Gasteiger partial charge in [-0.2, -0.15) is 0 Å². The smallest absolute Gasteiger partial charge is 0.165 e. The number of carbonyl (C=O) groups excluding carboxylic acids is 1. The number of carbonyl (C=O) groups is 1. The van der Waals surface area contributed by atoms with E-state index in [1.54, 1.807) is 7.11 Å². The topological polar surface area (TPSA) is 46.5 Å². The lowest BCUT2D eigenvalue weighted by Crippen LogP contribution is -2.67. The largest absolute Gasteiger partial charge is 0.381 e. The SMILES string of the molecule is CO[C@@H]1CC[C@]2(C)[C@H]3CC[C@@]4(C)[C@H](CC[C@@H]4[C@H](C)CCCC(C)C)[C@@H]3CC(=O)[C@@]2(O)C1. The number of aliphatic hydroxyl groups is 1. The fourth-order valence-corrected chi connectivity index (χ4v) is 9.23. The zero-order chi connectivity index (χ0) is 22.6. The molecule has 1 N–H and O–H groups in total. The molecule has 0 saturated heterocycles. The number of ketones is 1. The molecule has 3 heteroatoms. The molecule has 178 valence electrons. The van der Waals surface area contributed by atoms with Gasteiger partial charge in [-0.1, -0.05) is 53.9 Å². The maximum atomic E-state index is 13.5.